The molecule has 0 aliphatic rings. The number of aliphatic hydroxyl groups excluding tert-OH is 1. The molecular weight excluding hydrogens is 491 g/mol. The van der Waals surface area contributed by atoms with Gasteiger partial charge in [-0.15, -0.1) is 10.2 Å². The summed E-state index contributed by atoms with van der Waals surface area (Å²) in [6.45, 7) is 2.62. The van der Waals surface area contributed by atoms with Crippen LogP contribution in [0.3, 0.4) is 0 Å². The standard InChI is InChI=1S/C28H28N6O3.Na/c1-2-3-8-26-29-25-14-13-21(37-16-15-35)17-24(25)28(36)34(26)18-19-9-11-20(12-10-19)22-6-4-5-7-23(22)27-30-32-33-31-27;/h4-7,9-14,17,35H,2-3,8,15-16,18H2,1H3,(H,30,31,32,33);. The van der Waals surface area contributed by atoms with Crippen LogP contribution in [0.4, 0.5) is 0 Å². The molecule has 5 rings (SSSR count). The van der Waals surface area contributed by atoms with E-state index >= 15 is 0 Å². The van der Waals surface area contributed by atoms with E-state index in [1.165, 1.54) is 0 Å². The van der Waals surface area contributed by atoms with Gasteiger partial charge in [0.2, 0.25) is 5.82 Å². The number of hydrogen-bond acceptors (Lipinski definition) is 7. The average molecular weight is 520 g/mol. The van der Waals surface area contributed by atoms with Gasteiger partial charge < -0.3 is 9.84 Å². The van der Waals surface area contributed by atoms with Crippen molar-refractivity contribution in [3.8, 4) is 28.3 Å². The summed E-state index contributed by atoms with van der Waals surface area (Å²) in [4.78, 5) is 18.4. The molecule has 0 bridgehead atoms. The molecule has 0 spiro atoms. The molecule has 0 fully saturated rings. The summed E-state index contributed by atoms with van der Waals surface area (Å²) in [6.07, 6.45) is 2.68. The van der Waals surface area contributed by atoms with Crippen LogP contribution in [-0.4, -0.2) is 78.1 Å². The molecule has 0 aliphatic carbocycles. The molecule has 1 radical (unpaired) electrons. The van der Waals surface area contributed by atoms with Gasteiger partial charge in [0.05, 0.1) is 24.1 Å². The van der Waals surface area contributed by atoms with Crippen molar-refractivity contribution in [3.63, 3.8) is 0 Å². The Morgan fingerprint density at radius 3 is 2.53 bits per heavy atom. The van der Waals surface area contributed by atoms with Gasteiger partial charge in [-0.25, -0.2) is 4.98 Å². The molecule has 0 atom stereocenters. The Kier molecular flexibility index (Phi) is 9.41. The van der Waals surface area contributed by atoms with E-state index in [1.807, 2.05) is 48.5 Å². The minimum atomic E-state index is -0.0999. The Bertz CT molecular complexity index is 1550. The van der Waals surface area contributed by atoms with Gasteiger partial charge in [0.1, 0.15) is 18.2 Å². The Morgan fingerprint density at radius 2 is 1.82 bits per heavy atom. The predicted molar refractivity (Wildman–Crippen MR) is 147 cm³/mol. The predicted octanol–water partition coefficient (Wildman–Crippen LogP) is 3.62. The van der Waals surface area contributed by atoms with E-state index in [0.717, 1.165) is 47.3 Å². The van der Waals surface area contributed by atoms with E-state index in [2.05, 4.69) is 27.5 Å². The first-order chi connectivity index (χ1) is 18.2. The Balaban J connectivity index is 0.00000336. The summed E-state index contributed by atoms with van der Waals surface area (Å²) < 4.78 is 7.28. The van der Waals surface area contributed by atoms with Crippen LogP contribution in [0.25, 0.3) is 33.4 Å². The SMILES string of the molecule is CCCCc1nc2ccc(OCCO)cc2c(=O)n1Cc1ccc(-c2ccccc2-c2nn[nH]n2)cc1.[Na]. The van der Waals surface area contributed by atoms with Crippen LogP contribution >= 0.6 is 0 Å². The van der Waals surface area contributed by atoms with Crippen LogP contribution in [-0.2, 0) is 13.0 Å². The molecule has 10 heteroatoms. The number of unbranched alkanes of at least 4 members (excludes halogenated alkanes) is 1. The van der Waals surface area contributed by atoms with Gasteiger partial charge >= 0.3 is 0 Å². The fourth-order valence-corrected chi connectivity index (χ4v) is 4.37. The van der Waals surface area contributed by atoms with Crippen molar-refractivity contribution in [2.45, 2.75) is 32.7 Å². The zero-order valence-electron chi connectivity index (χ0n) is 21.6. The molecule has 2 heterocycles. The van der Waals surface area contributed by atoms with E-state index in [4.69, 9.17) is 14.8 Å². The van der Waals surface area contributed by atoms with E-state index in [-0.39, 0.29) is 48.3 Å². The maximum atomic E-state index is 13.6. The van der Waals surface area contributed by atoms with Crippen molar-refractivity contribution in [2.75, 3.05) is 13.2 Å². The normalized spacial score (nSPS) is 10.9. The topological polar surface area (TPSA) is 119 Å². The molecule has 2 N–H and O–H groups in total. The number of nitrogens with one attached hydrogen (secondary N) is 1. The number of tetrazole rings is 1. The second kappa shape index (κ2) is 12.9. The van der Waals surface area contributed by atoms with Gasteiger partial charge in [0.15, 0.2) is 0 Å². The number of aromatic nitrogens is 6. The largest absolute Gasteiger partial charge is 0.491 e. The molecule has 189 valence electrons. The number of fused-ring (bicyclic) bond motifs is 1. The number of aromatic amines is 1. The number of rotatable bonds is 10. The van der Waals surface area contributed by atoms with Gasteiger partial charge in [-0.05, 0) is 46.5 Å². The molecule has 0 saturated heterocycles. The number of ether oxygens (including phenoxy) is 1. The third-order valence-corrected chi connectivity index (χ3v) is 6.24. The molecular formula is C28H28N6NaO3. The summed E-state index contributed by atoms with van der Waals surface area (Å²) in [5.74, 6) is 1.85. The number of H-pyrrole nitrogens is 1. The number of aryl methyl sites for hydroxylation is 1. The van der Waals surface area contributed by atoms with Crippen molar-refractivity contribution in [3.05, 3.63) is 88.5 Å². The number of hydrogen-bond donors (Lipinski definition) is 2. The Morgan fingerprint density at radius 1 is 1.03 bits per heavy atom. The summed E-state index contributed by atoms with van der Waals surface area (Å²) >= 11 is 0. The molecule has 2 aromatic heterocycles. The summed E-state index contributed by atoms with van der Waals surface area (Å²) in [5.41, 5.74) is 4.45. The molecule has 38 heavy (non-hydrogen) atoms. The third-order valence-electron chi connectivity index (χ3n) is 6.24. The molecule has 0 saturated carbocycles. The summed E-state index contributed by atoms with van der Waals surface area (Å²) in [6, 6.07) is 21.4. The molecule has 0 unspecified atom stereocenters. The van der Waals surface area contributed by atoms with Crippen LogP contribution < -0.4 is 10.3 Å². The van der Waals surface area contributed by atoms with Crippen molar-refractivity contribution < 1.29 is 9.84 Å². The Labute approximate surface area is 242 Å². The first-order valence-corrected chi connectivity index (χ1v) is 12.4. The van der Waals surface area contributed by atoms with Gasteiger partial charge in [-0.1, -0.05) is 61.9 Å². The Hall–Kier alpha value is -3.37. The maximum Gasteiger partial charge on any atom is 0.261 e. The number of aliphatic hydroxyl groups is 1. The van der Waals surface area contributed by atoms with Gasteiger partial charge in [0, 0.05) is 41.5 Å². The molecule has 5 aromatic rings. The molecule has 0 amide bonds. The third kappa shape index (κ3) is 6.02. The zero-order chi connectivity index (χ0) is 25.6. The van der Waals surface area contributed by atoms with Crippen molar-refractivity contribution in [1.29, 1.82) is 0 Å². The monoisotopic (exact) mass is 519 g/mol. The van der Waals surface area contributed by atoms with Gasteiger partial charge in [0.25, 0.3) is 5.56 Å². The summed E-state index contributed by atoms with van der Waals surface area (Å²) in [7, 11) is 0. The molecule has 3 aromatic carbocycles. The zero-order valence-corrected chi connectivity index (χ0v) is 23.6. The quantitative estimate of drug-likeness (QED) is 0.271. The summed E-state index contributed by atoms with van der Waals surface area (Å²) in [5, 5.41) is 24.0. The van der Waals surface area contributed by atoms with Gasteiger partial charge in [-0.2, -0.15) is 5.21 Å². The van der Waals surface area contributed by atoms with E-state index in [1.54, 1.807) is 22.8 Å². The second-order valence-electron chi connectivity index (χ2n) is 8.75. The van der Waals surface area contributed by atoms with Crippen LogP contribution in [0.5, 0.6) is 5.75 Å². The van der Waals surface area contributed by atoms with E-state index < -0.39 is 0 Å². The van der Waals surface area contributed by atoms with Crippen LogP contribution in [0.15, 0.2) is 71.5 Å². The maximum absolute atomic E-state index is 13.6. The molecule has 0 aliphatic heterocycles. The average Bonchev–Trinajstić information content (AvgIpc) is 3.48. The fourth-order valence-electron chi connectivity index (χ4n) is 4.37. The van der Waals surface area contributed by atoms with Crippen molar-refractivity contribution >= 4 is 40.5 Å². The fraction of sp³-hybridized carbons (Fsp3) is 0.250. The number of nitrogens with zero attached hydrogens (tertiary/aromatic N) is 5. The smallest absolute Gasteiger partial charge is 0.261 e. The second-order valence-corrected chi connectivity index (χ2v) is 8.75. The van der Waals surface area contributed by atoms with Crippen molar-refractivity contribution in [2.24, 2.45) is 0 Å². The van der Waals surface area contributed by atoms with E-state index in [9.17, 15) is 4.79 Å². The minimum absolute atomic E-state index is 0. The van der Waals surface area contributed by atoms with Gasteiger partial charge in [-0.3, -0.25) is 9.36 Å². The first-order valence-electron chi connectivity index (χ1n) is 12.4. The van der Waals surface area contributed by atoms with Crippen LogP contribution in [0, 0.1) is 0 Å². The minimum Gasteiger partial charge on any atom is -0.491 e. The van der Waals surface area contributed by atoms with Crippen molar-refractivity contribution in [1.82, 2.24) is 30.2 Å². The van der Waals surface area contributed by atoms with E-state index in [0.29, 0.717) is 29.0 Å². The van der Waals surface area contributed by atoms with Crippen LogP contribution in [0.2, 0.25) is 0 Å². The van der Waals surface area contributed by atoms with Crippen LogP contribution in [0.1, 0.15) is 31.2 Å². The molecule has 9 nitrogen and oxygen atoms in total. The number of benzene rings is 3. The first kappa shape index (κ1) is 27.7.